The third-order valence-electron chi connectivity index (χ3n) is 1.30. The number of ether oxygens (including phenoxy) is 2. The van der Waals surface area contributed by atoms with Crippen LogP contribution in [0, 0.1) is 0 Å². The highest BCUT2D eigenvalue weighted by molar-refractivity contribution is 5.73. The molecular weight excluding hydrogens is 150 g/mol. The molecule has 0 aliphatic carbocycles. The maximum atomic E-state index is 10.6. The van der Waals surface area contributed by atoms with E-state index in [2.05, 4.69) is 10.1 Å². The van der Waals surface area contributed by atoms with E-state index in [9.17, 15) is 9.59 Å². The second-order valence-electron chi connectivity index (χ2n) is 2.16. The minimum atomic E-state index is -0.534. The van der Waals surface area contributed by atoms with E-state index in [0.29, 0.717) is 0 Å². The van der Waals surface area contributed by atoms with Gasteiger partial charge in [-0.3, -0.25) is 4.79 Å². The van der Waals surface area contributed by atoms with Crippen molar-refractivity contribution in [2.24, 2.45) is 0 Å². The SMILES string of the molecule is CNC(=O)OC1COC(=O)C1. The minimum absolute atomic E-state index is 0.160. The zero-order valence-electron chi connectivity index (χ0n) is 6.12. The van der Waals surface area contributed by atoms with Crippen molar-refractivity contribution in [3.05, 3.63) is 0 Å². The summed E-state index contributed by atoms with van der Waals surface area (Å²) in [6.45, 7) is 0.173. The number of rotatable bonds is 1. The van der Waals surface area contributed by atoms with Gasteiger partial charge < -0.3 is 14.8 Å². The molecule has 1 rings (SSSR count). The van der Waals surface area contributed by atoms with Crippen molar-refractivity contribution in [1.29, 1.82) is 0 Å². The van der Waals surface area contributed by atoms with Crippen LogP contribution in [0.2, 0.25) is 0 Å². The lowest BCUT2D eigenvalue weighted by atomic mass is 10.3. The molecule has 1 saturated heterocycles. The number of nitrogens with one attached hydrogen (secondary N) is 1. The molecule has 0 aromatic carbocycles. The van der Waals surface area contributed by atoms with Crippen LogP contribution < -0.4 is 5.32 Å². The molecule has 1 aliphatic heterocycles. The van der Waals surface area contributed by atoms with Gasteiger partial charge in [-0.25, -0.2) is 4.79 Å². The van der Waals surface area contributed by atoms with Gasteiger partial charge in [0.05, 0.1) is 6.42 Å². The van der Waals surface area contributed by atoms with Crippen LogP contribution in [0.3, 0.4) is 0 Å². The van der Waals surface area contributed by atoms with Crippen LogP contribution in [0.1, 0.15) is 6.42 Å². The first-order valence-corrected chi connectivity index (χ1v) is 3.26. The molecule has 5 nitrogen and oxygen atoms in total. The molecule has 1 aliphatic rings. The highest BCUT2D eigenvalue weighted by atomic mass is 16.6. The highest BCUT2D eigenvalue weighted by Gasteiger charge is 2.26. The molecule has 0 aromatic heterocycles. The van der Waals surface area contributed by atoms with E-state index in [1.165, 1.54) is 7.05 Å². The molecule has 1 atom stereocenters. The highest BCUT2D eigenvalue weighted by Crippen LogP contribution is 2.09. The van der Waals surface area contributed by atoms with Crippen molar-refractivity contribution < 1.29 is 19.1 Å². The van der Waals surface area contributed by atoms with Gasteiger partial charge in [0.2, 0.25) is 0 Å². The maximum Gasteiger partial charge on any atom is 0.407 e. The molecule has 1 N–H and O–H groups in total. The summed E-state index contributed by atoms with van der Waals surface area (Å²) in [5.41, 5.74) is 0. The predicted octanol–water partition coefficient (Wildman–Crippen LogP) is -0.342. The van der Waals surface area contributed by atoms with Crippen molar-refractivity contribution >= 4 is 12.1 Å². The number of hydrogen-bond donors (Lipinski definition) is 1. The molecule has 0 radical (unpaired) electrons. The molecule has 0 bridgehead atoms. The fourth-order valence-corrected chi connectivity index (χ4v) is 0.776. The normalized spacial score (nSPS) is 22.6. The smallest absolute Gasteiger partial charge is 0.407 e. The van der Waals surface area contributed by atoms with E-state index < -0.39 is 12.2 Å². The first-order valence-electron chi connectivity index (χ1n) is 3.26. The summed E-state index contributed by atoms with van der Waals surface area (Å²) in [4.78, 5) is 21.1. The molecule has 1 amide bonds. The van der Waals surface area contributed by atoms with Crippen LogP contribution in [0.4, 0.5) is 4.79 Å². The van der Waals surface area contributed by atoms with Crippen LogP contribution in [0.5, 0.6) is 0 Å². The van der Waals surface area contributed by atoms with Crippen molar-refractivity contribution in [3.63, 3.8) is 0 Å². The Bertz CT molecular complexity index is 179. The molecule has 1 heterocycles. The van der Waals surface area contributed by atoms with E-state index in [1.54, 1.807) is 0 Å². The summed E-state index contributed by atoms with van der Waals surface area (Å²) in [6, 6.07) is 0. The zero-order chi connectivity index (χ0) is 8.27. The molecule has 5 heteroatoms. The largest absolute Gasteiger partial charge is 0.462 e. The lowest BCUT2D eigenvalue weighted by Crippen LogP contribution is -2.26. The third-order valence-corrected chi connectivity index (χ3v) is 1.30. The van der Waals surface area contributed by atoms with Crippen molar-refractivity contribution in [1.82, 2.24) is 5.32 Å². The summed E-state index contributed by atoms with van der Waals surface area (Å²) in [7, 11) is 1.46. The Morgan fingerprint density at radius 3 is 3.00 bits per heavy atom. The van der Waals surface area contributed by atoms with Gasteiger partial charge in [0.25, 0.3) is 0 Å². The third kappa shape index (κ3) is 2.10. The van der Waals surface area contributed by atoms with Gasteiger partial charge in [-0.05, 0) is 0 Å². The fourth-order valence-electron chi connectivity index (χ4n) is 0.776. The monoisotopic (exact) mass is 159 g/mol. The number of esters is 1. The van der Waals surface area contributed by atoms with Crippen molar-refractivity contribution in [3.8, 4) is 0 Å². The summed E-state index contributed by atoms with van der Waals surface area (Å²) >= 11 is 0. The van der Waals surface area contributed by atoms with Crippen molar-refractivity contribution in [2.75, 3.05) is 13.7 Å². The first-order chi connectivity index (χ1) is 5.22. The topological polar surface area (TPSA) is 64.6 Å². The van der Waals surface area contributed by atoms with Gasteiger partial charge in [-0.1, -0.05) is 0 Å². The van der Waals surface area contributed by atoms with Gasteiger partial charge >= 0.3 is 12.1 Å². The number of hydrogen-bond acceptors (Lipinski definition) is 4. The Labute approximate surface area is 63.7 Å². The second-order valence-corrected chi connectivity index (χ2v) is 2.16. The van der Waals surface area contributed by atoms with Crippen molar-refractivity contribution in [2.45, 2.75) is 12.5 Å². The number of alkyl carbamates (subject to hydrolysis) is 1. The maximum absolute atomic E-state index is 10.6. The van der Waals surface area contributed by atoms with Gasteiger partial charge in [0.1, 0.15) is 12.7 Å². The van der Waals surface area contributed by atoms with Gasteiger partial charge in [-0.2, -0.15) is 0 Å². The number of carbonyl (C=O) groups excluding carboxylic acids is 2. The lowest BCUT2D eigenvalue weighted by molar-refractivity contribution is -0.137. The van der Waals surface area contributed by atoms with E-state index in [1.807, 2.05) is 0 Å². The van der Waals surface area contributed by atoms with E-state index in [4.69, 9.17) is 4.74 Å². The van der Waals surface area contributed by atoms with Gasteiger partial charge in [-0.15, -0.1) is 0 Å². The Hall–Kier alpha value is -1.26. The van der Waals surface area contributed by atoms with E-state index in [-0.39, 0.29) is 19.0 Å². The molecule has 62 valence electrons. The standard InChI is InChI=1S/C6H9NO4/c1-7-6(9)11-4-2-5(8)10-3-4/h4H,2-3H2,1H3,(H,7,9). The van der Waals surface area contributed by atoms with Gasteiger partial charge in [0, 0.05) is 7.05 Å². The molecule has 11 heavy (non-hydrogen) atoms. The van der Waals surface area contributed by atoms with E-state index >= 15 is 0 Å². The zero-order valence-corrected chi connectivity index (χ0v) is 6.12. The molecule has 1 unspecified atom stereocenters. The Kier molecular flexibility index (Phi) is 2.30. The van der Waals surface area contributed by atoms with Crippen LogP contribution in [-0.4, -0.2) is 31.8 Å². The van der Waals surface area contributed by atoms with E-state index in [0.717, 1.165) is 0 Å². The summed E-state index contributed by atoms with van der Waals surface area (Å²) < 4.78 is 9.30. The van der Waals surface area contributed by atoms with Crippen LogP contribution in [-0.2, 0) is 14.3 Å². The van der Waals surface area contributed by atoms with Crippen LogP contribution >= 0.6 is 0 Å². The van der Waals surface area contributed by atoms with Gasteiger partial charge in [0.15, 0.2) is 0 Å². The Morgan fingerprint density at radius 1 is 1.82 bits per heavy atom. The molecule has 0 saturated carbocycles. The number of carbonyl (C=O) groups is 2. The fraction of sp³-hybridized carbons (Fsp3) is 0.667. The number of amides is 1. The summed E-state index contributed by atoms with van der Waals surface area (Å²) in [6.07, 6.45) is -0.788. The van der Waals surface area contributed by atoms with Crippen LogP contribution in [0.25, 0.3) is 0 Å². The Balaban J connectivity index is 2.28. The molecular formula is C6H9NO4. The predicted molar refractivity (Wildman–Crippen MR) is 34.9 cm³/mol. The summed E-state index contributed by atoms with van der Waals surface area (Å²) in [5.74, 6) is -0.320. The quantitative estimate of drug-likeness (QED) is 0.531. The molecule has 1 fully saturated rings. The number of cyclic esters (lactones) is 1. The first kappa shape index (κ1) is 7.84. The second kappa shape index (κ2) is 3.23. The average molecular weight is 159 g/mol. The molecule has 0 spiro atoms. The lowest BCUT2D eigenvalue weighted by Gasteiger charge is -2.06. The van der Waals surface area contributed by atoms with Crippen LogP contribution in [0.15, 0.2) is 0 Å². The average Bonchev–Trinajstić information content (AvgIpc) is 2.35. The minimum Gasteiger partial charge on any atom is -0.462 e. The molecule has 0 aromatic rings. The summed E-state index contributed by atoms with van der Waals surface area (Å²) in [5, 5.41) is 2.28. The Morgan fingerprint density at radius 2 is 2.55 bits per heavy atom.